The van der Waals surface area contributed by atoms with Crippen molar-refractivity contribution in [2.75, 3.05) is 13.7 Å². The Kier molecular flexibility index (Phi) is 6.53. The molecule has 1 aliphatic rings. The van der Waals surface area contributed by atoms with Crippen molar-refractivity contribution in [1.29, 1.82) is 0 Å². The molecular formula is C21H17NO7S. The Balaban J connectivity index is 1.61. The second-order valence-electron chi connectivity index (χ2n) is 6.20. The minimum atomic E-state index is -0.985. The second-order valence-corrected chi connectivity index (χ2v) is 7.20. The number of hydrogen-bond donors (Lipinski definition) is 1. The van der Waals surface area contributed by atoms with Crippen LogP contribution in [0.1, 0.15) is 21.5 Å². The Morgan fingerprint density at radius 3 is 2.33 bits per heavy atom. The van der Waals surface area contributed by atoms with Crippen molar-refractivity contribution in [3.8, 4) is 5.75 Å². The summed E-state index contributed by atoms with van der Waals surface area (Å²) in [5, 5.41) is 8.38. The number of aromatic carboxylic acids is 1. The third-order valence-electron chi connectivity index (χ3n) is 4.17. The van der Waals surface area contributed by atoms with Crippen LogP contribution < -0.4 is 4.74 Å². The summed E-state index contributed by atoms with van der Waals surface area (Å²) in [6, 6.07) is 13.3. The highest BCUT2D eigenvalue weighted by molar-refractivity contribution is 8.18. The molecule has 9 heteroatoms. The summed E-state index contributed by atoms with van der Waals surface area (Å²) >= 11 is 0.762. The summed E-state index contributed by atoms with van der Waals surface area (Å²) in [5.41, 5.74) is 1.72. The molecule has 0 saturated carbocycles. The van der Waals surface area contributed by atoms with Crippen molar-refractivity contribution in [3.63, 3.8) is 0 Å². The largest absolute Gasteiger partial charge is 0.489 e. The summed E-state index contributed by atoms with van der Waals surface area (Å²) in [7, 11) is 1.19. The normalized spacial score (nSPS) is 14.8. The molecule has 0 unspecified atom stereocenters. The lowest BCUT2D eigenvalue weighted by Crippen LogP contribution is -2.34. The molecule has 2 amide bonds. The van der Waals surface area contributed by atoms with Crippen LogP contribution >= 0.6 is 11.8 Å². The van der Waals surface area contributed by atoms with Crippen LogP contribution in [0.3, 0.4) is 0 Å². The Hall–Kier alpha value is -3.59. The monoisotopic (exact) mass is 427 g/mol. The third-order valence-corrected chi connectivity index (χ3v) is 5.08. The minimum Gasteiger partial charge on any atom is -0.489 e. The van der Waals surface area contributed by atoms with Crippen LogP contribution in [-0.2, 0) is 20.9 Å². The Morgan fingerprint density at radius 1 is 1.07 bits per heavy atom. The lowest BCUT2D eigenvalue weighted by Gasteiger charge is -2.09. The first-order valence-corrected chi connectivity index (χ1v) is 9.56. The molecule has 3 rings (SSSR count). The van der Waals surface area contributed by atoms with Crippen LogP contribution in [0.25, 0.3) is 6.08 Å². The number of carboxylic acids is 1. The highest BCUT2D eigenvalue weighted by atomic mass is 32.2. The molecular weight excluding hydrogens is 410 g/mol. The van der Waals surface area contributed by atoms with E-state index in [-0.39, 0.29) is 17.1 Å². The maximum Gasteiger partial charge on any atom is 0.335 e. The van der Waals surface area contributed by atoms with Gasteiger partial charge in [-0.15, -0.1) is 0 Å². The summed E-state index contributed by atoms with van der Waals surface area (Å²) in [4.78, 5) is 47.5. The molecule has 1 fully saturated rings. The topological polar surface area (TPSA) is 110 Å². The maximum absolute atomic E-state index is 12.3. The van der Waals surface area contributed by atoms with E-state index in [0.29, 0.717) is 11.3 Å². The van der Waals surface area contributed by atoms with Crippen molar-refractivity contribution in [2.45, 2.75) is 6.61 Å². The van der Waals surface area contributed by atoms with E-state index in [1.165, 1.54) is 19.2 Å². The molecule has 8 nitrogen and oxygen atoms in total. The quantitative estimate of drug-likeness (QED) is 0.530. The van der Waals surface area contributed by atoms with E-state index in [1.54, 1.807) is 42.5 Å². The molecule has 1 aliphatic heterocycles. The van der Waals surface area contributed by atoms with Gasteiger partial charge in [0.2, 0.25) is 0 Å². The molecule has 154 valence electrons. The first-order chi connectivity index (χ1) is 14.4. The van der Waals surface area contributed by atoms with Crippen LogP contribution in [0.4, 0.5) is 4.79 Å². The van der Waals surface area contributed by atoms with Gasteiger partial charge >= 0.3 is 11.9 Å². The highest BCUT2D eigenvalue weighted by Gasteiger charge is 2.36. The Labute approximate surface area is 176 Å². The van der Waals surface area contributed by atoms with Crippen molar-refractivity contribution >= 4 is 40.9 Å². The van der Waals surface area contributed by atoms with E-state index in [1.807, 2.05) is 0 Å². The molecule has 0 spiro atoms. The zero-order valence-corrected chi connectivity index (χ0v) is 16.7. The Bertz CT molecular complexity index is 1010. The van der Waals surface area contributed by atoms with Gasteiger partial charge in [-0.05, 0) is 53.2 Å². The SMILES string of the molecule is COC(=O)CN1C(=O)S/C(=C/c2ccc(OCc3ccc(C(=O)O)cc3)cc2)C1=O. The van der Waals surface area contributed by atoms with Crippen LogP contribution in [-0.4, -0.2) is 46.7 Å². The van der Waals surface area contributed by atoms with Gasteiger partial charge in [0.1, 0.15) is 18.9 Å². The smallest absolute Gasteiger partial charge is 0.335 e. The lowest BCUT2D eigenvalue weighted by molar-refractivity contribution is -0.143. The first-order valence-electron chi connectivity index (χ1n) is 8.74. The number of nitrogens with zero attached hydrogens (tertiary/aromatic N) is 1. The fourth-order valence-corrected chi connectivity index (χ4v) is 3.39. The average molecular weight is 427 g/mol. The van der Waals surface area contributed by atoms with Gasteiger partial charge in [0.15, 0.2) is 0 Å². The lowest BCUT2D eigenvalue weighted by atomic mass is 10.1. The number of methoxy groups -OCH3 is 1. The van der Waals surface area contributed by atoms with E-state index in [0.717, 1.165) is 22.2 Å². The molecule has 2 aromatic carbocycles. The number of ether oxygens (including phenoxy) is 2. The molecule has 0 radical (unpaired) electrons. The molecule has 2 aromatic rings. The summed E-state index contributed by atoms with van der Waals surface area (Å²) in [6.07, 6.45) is 1.57. The van der Waals surface area contributed by atoms with Gasteiger partial charge in [-0.1, -0.05) is 24.3 Å². The van der Waals surface area contributed by atoms with Gasteiger partial charge in [-0.2, -0.15) is 0 Å². The zero-order chi connectivity index (χ0) is 21.7. The number of imide groups is 1. The first kappa shape index (κ1) is 21.1. The summed E-state index contributed by atoms with van der Waals surface area (Å²) in [5.74, 6) is -1.60. The fraction of sp³-hybridized carbons (Fsp3) is 0.143. The van der Waals surface area contributed by atoms with Crippen molar-refractivity contribution in [3.05, 3.63) is 70.1 Å². The van der Waals surface area contributed by atoms with Gasteiger partial charge in [0.05, 0.1) is 17.6 Å². The van der Waals surface area contributed by atoms with E-state index < -0.39 is 29.6 Å². The van der Waals surface area contributed by atoms with Crippen molar-refractivity contribution in [2.24, 2.45) is 0 Å². The van der Waals surface area contributed by atoms with E-state index in [9.17, 15) is 19.2 Å². The van der Waals surface area contributed by atoms with E-state index >= 15 is 0 Å². The zero-order valence-electron chi connectivity index (χ0n) is 15.9. The van der Waals surface area contributed by atoms with Gasteiger partial charge in [-0.3, -0.25) is 19.3 Å². The minimum absolute atomic E-state index is 0.208. The van der Waals surface area contributed by atoms with Gasteiger partial charge < -0.3 is 14.6 Å². The highest BCUT2D eigenvalue weighted by Crippen LogP contribution is 2.32. The third kappa shape index (κ3) is 5.06. The molecule has 0 aromatic heterocycles. The summed E-state index contributed by atoms with van der Waals surface area (Å²) in [6.45, 7) is -0.148. The van der Waals surface area contributed by atoms with E-state index in [4.69, 9.17) is 9.84 Å². The van der Waals surface area contributed by atoms with Crippen LogP contribution in [0, 0.1) is 0 Å². The van der Waals surface area contributed by atoms with Crippen molar-refractivity contribution in [1.82, 2.24) is 4.90 Å². The standard InChI is InChI=1S/C21H17NO7S/c1-28-18(23)11-22-19(24)17(30-21(22)27)10-13-4-8-16(9-5-13)29-12-14-2-6-15(7-3-14)20(25)26/h2-10H,11-12H2,1H3,(H,25,26)/b17-10+. The number of benzene rings is 2. The van der Waals surface area contributed by atoms with Gasteiger partial charge in [0, 0.05) is 0 Å². The second kappa shape index (κ2) is 9.27. The predicted octanol–water partition coefficient (Wildman–Crippen LogP) is 3.17. The van der Waals surface area contributed by atoms with Gasteiger partial charge in [0.25, 0.3) is 11.1 Å². The number of carboxylic acid groups (broad SMARTS) is 1. The summed E-state index contributed by atoms with van der Waals surface area (Å²) < 4.78 is 10.2. The van der Waals surface area contributed by atoms with Crippen LogP contribution in [0.5, 0.6) is 5.75 Å². The number of esters is 1. The number of carbonyl (C=O) groups excluding carboxylic acids is 3. The number of amides is 2. The van der Waals surface area contributed by atoms with Crippen molar-refractivity contribution < 1.29 is 33.8 Å². The number of carbonyl (C=O) groups is 4. The molecule has 1 saturated heterocycles. The fourth-order valence-electron chi connectivity index (χ4n) is 2.55. The van der Waals surface area contributed by atoms with E-state index in [2.05, 4.69) is 4.74 Å². The molecule has 0 aliphatic carbocycles. The number of hydrogen-bond acceptors (Lipinski definition) is 7. The van der Waals surface area contributed by atoms with Gasteiger partial charge in [-0.25, -0.2) is 4.79 Å². The Morgan fingerprint density at radius 2 is 1.73 bits per heavy atom. The van der Waals surface area contributed by atoms with Crippen LogP contribution in [0.15, 0.2) is 53.4 Å². The molecule has 1 N–H and O–H groups in total. The number of rotatable bonds is 7. The molecule has 1 heterocycles. The average Bonchev–Trinajstić information content (AvgIpc) is 3.00. The maximum atomic E-state index is 12.3. The van der Waals surface area contributed by atoms with Crippen LogP contribution in [0.2, 0.25) is 0 Å². The molecule has 0 atom stereocenters. The number of thioether (sulfide) groups is 1. The molecule has 30 heavy (non-hydrogen) atoms. The predicted molar refractivity (Wildman–Crippen MR) is 109 cm³/mol. The molecule has 0 bridgehead atoms.